The highest BCUT2D eigenvalue weighted by molar-refractivity contribution is 7.99. The van der Waals surface area contributed by atoms with Crippen molar-refractivity contribution in [1.82, 2.24) is 0 Å². The lowest BCUT2D eigenvalue weighted by atomic mass is 10.1. The molecule has 1 aliphatic rings. The van der Waals surface area contributed by atoms with Gasteiger partial charge in [-0.2, -0.15) is 0 Å². The van der Waals surface area contributed by atoms with Crippen molar-refractivity contribution in [3.05, 3.63) is 24.3 Å². The van der Waals surface area contributed by atoms with Crippen LogP contribution in [0.15, 0.2) is 29.2 Å². The summed E-state index contributed by atoms with van der Waals surface area (Å²) in [6.45, 7) is 2.84. The molecule has 1 amide bonds. The van der Waals surface area contributed by atoms with Crippen molar-refractivity contribution in [3.63, 3.8) is 0 Å². The second-order valence-electron chi connectivity index (χ2n) is 4.96. The second-order valence-corrected chi connectivity index (χ2v) is 6.03. The number of carbonyl (C=O) groups is 2. The van der Waals surface area contributed by atoms with E-state index in [0.717, 1.165) is 16.3 Å². The maximum absolute atomic E-state index is 12.4. The number of carbonyl (C=O) groups excluding carboxylic acids is 2. The van der Waals surface area contributed by atoms with Crippen LogP contribution in [-0.4, -0.2) is 31.3 Å². The molecule has 1 aromatic rings. The Morgan fingerprint density at radius 2 is 2.10 bits per heavy atom. The van der Waals surface area contributed by atoms with Crippen molar-refractivity contribution in [2.45, 2.75) is 24.7 Å². The second kappa shape index (κ2) is 6.79. The summed E-state index contributed by atoms with van der Waals surface area (Å²) in [5.41, 5.74) is 0.955. The Morgan fingerprint density at radius 3 is 2.85 bits per heavy atom. The Balaban J connectivity index is 2.16. The minimum atomic E-state index is -0.344. The molecule has 0 saturated heterocycles. The summed E-state index contributed by atoms with van der Waals surface area (Å²) in [6.07, 6.45) is 0.327. The Bertz CT molecular complexity index is 504. The third-order valence-electron chi connectivity index (χ3n) is 3.25. The van der Waals surface area contributed by atoms with Gasteiger partial charge in [-0.25, -0.2) is 0 Å². The number of methoxy groups -OCH3 is 1. The zero-order valence-electron chi connectivity index (χ0n) is 11.8. The molecule has 108 valence electrons. The molecule has 20 heavy (non-hydrogen) atoms. The third-order valence-corrected chi connectivity index (χ3v) is 4.64. The highest BCUT2D eigenvalue weighted by Crippen LogP contribution is 2.35. The molecule has 0 fully saturated rings. The number of hydrogen-bond acceptors (Lipinski definition) is 4. The molecule has 1 atom stereocenters. The minimum Gasteiger partial charge on any atom is -0.469 e. The van der Waals surface area contributed by atoms with Gasteiger partial charge in [0.15, 0.2) is 0 Å². The van der Waals surface area contributed by atoms with E-state index in [-0.39, 0.29) is 24.7 Å². The van der Waals surface area contributed by atoms with Crippen molar-refractivity contribution in [2.24, 2.45) is 5.92 Å². The van der Waals surface area contributed by atoms with Crippen LogP contribution in [0, 0.1) is 5.92 Å². The van der Waals surface area contributed by atoms with E-state index < -0.39 is 0 Å². The van der Waals surface area contributed by atoms with E-state index in [4.69, 9.17) is 0 Å². The van der Waals surface area contributed by atoms with Crippen molar-refractivity contribution < 1.29 is 14.3 Å². The number of esters is 1. The Hall–Kier alpha value is -1.49. The summed E-state index contributed by atoms with van der Waals surface area (Å²) in [4.78, 5) is 26.5. The number of benzene rings is 1. The lowest BCUT2D eigenvalue weighted by molar-refractivity contribution is -0.141. The molecule has 0 saturated carbocycles. The fraction of sp³-hybridized carbons (Fsp3) is 0.467. The predicted octanol–water partition coefficient (Wildman–Crippen LogP) is 2.71. The van der Waals surface area contributed by atoms with Gasteiger partial charge in [0.2, 0.25) is 5.91 Å². The smallest absolute Gasteiger partial charge is 0.306 e. The van der Waals surface area contributed by atoms with Gasteiger partial charge >= 0.3 is 5.97 Å². The molecule has 1 heterocycles. The van der Waals surface area contributed by atoms with Crippen LogP contribution in [0.5, 0.6) is 0 Å². The first kappa shape index (κ1) is 14.9. The number of para-hydroxylation sites is 1. The van der Waals surface area contributed by atoms with Crippen LogP contribution in [0.1, 0.15) is 19.8 Å². The van der Waals surface area contributed by atoms with Gasteiger partial charge in [0.25, 0.3) is 0 Å². The number of amides is 1. The number of rotatable bonds is 3. The number of fused-ring (bicyclic) bond motifs is 1. The van der Waals surface area contributed by atoms with Crippen molar-refractivity contribution >= 4 is 29.3 Å². The van der Waals surface area contributed by atoms with Crippen LogP contribution in [0.3, 0.4) is 0 Å². The highest BCUT2D eigenvalue weighted by atomic mass is 32.2. The maximum atomic E-state index is 12.4. The lowest BCUT2D eigenvalue weighted by Crippen LogP contribution is -2.34. The summed E-state index contributed by atoms with van der Waals surface area (Å²) in [7, 11) is 1.34. The fourth-order valence-electron chi connectivity index (χ4n) is 2.18. The minimum absolute atomic E-state index is 0.0165. The normalized spacial score (nSPS) is 18.1. The van der Waals surface area contributed by atoms with Crippen molar-refractivity contribution in [3.8, 4) is 0 Å². The number of hydrogen-bond donors (Lipinski definition) is 0. The first-order chi connectivity index (χ1) is 9.61. The van der Waals surface area contributed by atoms with E-state index >= 15 is 0 Å². The monoisotopic (exact) mass is 293 g/mol. The van der Waals surface area contributed by atoms with E-state index in [0.29, 0.717) is 12.5 Å². The number of ether oxygens (including phenoxy) is 1. The molecule has 1 aliphatic heterocycles. The molecule has 0 aromatic heterocycles. The molecule has 1 aromatic carbocycles. The number of nitrogens with zero attached hydrogens (tertiary/aromatic N) is 1. The predicted molar refractivity (Wildman–Crippen MR) is 79.9 cm³/mol. The van der Waals surface area contributed by atoms with Crippen molar-refractivity contribution in [1.29, 1.82) is 0 Å². The number of anilines is 1. The van der Waals surface area contributed by atoms with Gasteiger partial charge in [-0.1, -0.05) is 19.1 Å². The van der Waals surface area contributed by atoms with E-state index in [1.807, 2.05) is 29.2 Å². The molecule has 0 N–H and O–H groups in total. The van der Waals surface area contributed by atoms with Gasteiger partial charge in [-0.05, 0) is 18.1 Å². The molecule has 2 rings (SSSR count). The van der Waals surface area contributed by atoms with Gasteiger partial charge < -0.3 is 9.64 Å². The highest BCUT2D eigenvalue weighted by Gasteiger charge is 2.24. The molecule has 0 spiro atoms. The van der Waals surface area contributed by atoms with Gasteiger partial charge in [-0.15, -0.1) is 11.8 Å². The van der Waals surface area contributed by atoms with Gasteiger partial charge in [-0.3, -0.25) is 9.59 Å². The quantitative estimate of drug-likeness (QED) is 0.804. The third kappa shape index (κ3) is 3.54. The van der Waals surface area contributed by atoms with Crippen LogP contribution >= 0.6 is 11.8 Å². The zero-order valence-corrected chi connectivity index (χ0v) is 12.6. The average Bonchev–Trinajstić information content (AvgIpc) is 2.64. The average molecular weight is 293 g/mol. The molecular weight excluding hydrogens is 274 g/mol. The van der Waals surface area contributed by atoms with E-state index in [1.54, 1.807) is 11.8 Å². The van der Waals surface area contributed by atoms with Crippen LogP contribution in [0.25, 0.3) is 0 Å². The molecule has 0 aliphatic carbocycles. The molecule has 0 unspecified atom stereocenters. The molecule has 0 bridgehead atoms. The SMILES string of the molecule is COC(=O)CCC(=O)N1C[C@@H](C)CSc2ccccc21. The largest absolute Gasteiger partial charge is 0.469 e. The Morgan fingerprint density at radius 1 is 1.35 bits per heavy atom. The van der Waals surface area contributed by atoms with E-state index in [9.17, 15) is 9.59 Å². The molecule has 4 nitrogen and oxygen atoms in total. The number of thioether (sulfide) groups is 1. The fourth-order valence-corrected chi connectivity index (χ4v) is 3.25. The Kier molecular flexibility index (Phi) is 5.06. The van der Waals surface area contributed by atoms with Gasteiger partial charge in [0.1, 0.15) is 0 Å². The first-order valence-corrected chi connectivity index (χ1v) is 7.69. The standard InChI is InChI=1S/C15H19NO3S/c1-11-9-16(14(17)7-8-15(18)19-2)12-5-3-4-6-13(12)20-10-11/h3-6,11H,7-10H2,1-2H3/t11-/m1/s1. The van der Waals surface area contributed by atoms with E-state index in [2.05, 4.69) is 11.7 Å². The summed E-state index contributed by atoms with van der Waals surface area (Å²) in [5.74, 6) is 1.06. The molecule has 5 heteroatoms. The van der Waals surface area contributed by atoms with Crippen LogP contribution in [0.4, 0.5) is 5.69 Å². The maximum Gasteiger partial charge on any atom is 0.306 e. The zero-order chi connectivity index (χ0) is 14.5. The molecule has 0 radical (unpaired) electrons. The van der Waals surface area contributed by atoms with E-state index in [1.165, 1.54) is 7.11 Å². The molecular formula is C15H19NO3S. The van der Waals surface area contributed by atoms with Gasteiger partial charge in [0.05, 0.1) is 19.2 Å². The summed E-state index contributed by atoms with van der Waals surface area (Å²) in [5, 5.41) is 0. The first-order valence-electron chi connectivity index (χ1n) is 6.71. The van der Waals surface area contributed by atoms with Crippen LogP contribution in [-0.2, 0) is 14.3 Å². The summed E-state index contributed by atoms with van der Waals surface area (Å²) in [6, 6.07) is 7.93. The van der Waals surface area contributed by atoms with Crippen LogP contribution in [0.2, 0.25) is 0 Å². The summed E-state index contributed by atoms with van der Waals surface area (Å²) < 4.78 is 4.59. The lowest BCUT2D eigenvalue weighted by Gasteiger charge is -2.24. The topological polar surface area (TPSA) is 46.6 Å². The van der Waals surface area contributed by atoms with Crippen molar-refractivity contribution in [2.75, 3.05) is 24.3 Å². The Labute approximate surface area is 123 Å². The van der Waals surface area contributed by atoms with Gasteiger partial charge in [0, 0.05) is 23.6 Å². The summed E-state index contributed by atoms with van der Waals surface area (Å²) >= 11 is 1.78. The van der Waals surface area contributed by atoms with Crippen LogP contribution < -0.4 is 4.90 Å².